The zero-order valence-electron chi connectivity index (χ0n) is 13.3. The highest BCUT2D eigenvalue weighted by Gasteiger charge is 2.32. The first kappa shape index (κ1) is 15.5. The molecule has 0 unspecified atom stereocenters. The summed E-state index contributed by atoms with van der Waals surface area (Å²) in [6.07, 6.45) is 0.923. The molecule has 1 aromatic carbocycles. The Balaban J connectivity index is 1.75. The summed E-state index contributed by atoms with van der Waals surface area (Å²) in [6.45, 7) is 5.15. The number of urea groups is 1. The third kappa shape index (κ3) is 3.50. The van der Waals surface area contributed by atoms with E-state index in [9.17, 15) is 4.79 Å². The van der Waals surface area contributed by atoms with Crippen molar-refractivity contribution >= 4 is 11.7 Å². The lowest BCUT2D eigenvalue weighted by Gasteiger charge is -2.33. The Labute approximate surface area is 134 Å². The van der Waals surface area contributed by atoms with Gasteiger partial charge in [-0.25, -0.2) is 4.79 Å². The van der Waals surface area contributed by atoms with Crippen LogP contribution in [0.1, 0.15) is 30.2 Å². The van der Waals surface area contributed by atoms with Crippen molar-refractivity contribution in [2.75, 3.05) is 25.1 Å². The highest BCUT2D eigenvalue weighted by molar-refractivity contribution is 5.89. The molecule has 1 aliphatic heterocycles. The van der Waals surface area contributed by atoms with E-state index in [2.05, 4.69) is 22.4 Å². The quantitative estimate of drug-likeness (QED) is 0.941. The number of benzene rings is 1. The van der Waals surface area contributed by atoms with Gasteiger partial charge in [0.15, 0.2) is 5.82 Å². The second-order valence-electron chi connectivity index (χ2n) is 5.44. The Hall–Kier alpha value is -2.41. The van der Waals surface area contributed by atoms with E-state index in [1.807, 2.05) is 24.3 Å². The SMILES string of the molecule is CCc1cccc(NC(=O)N2CCOC[C@@H]2c2noc(C)n2)c1. The van der Waals surface area contributed by atoms with Crippen LogP contribution in [0.5, 0.6) is 0 Å². The van der Waals surface area contributed by atoms with Gasteiger partial charge < -0.3 is 19.5 Å². The number of aromatic nitrogens is 2. The molecule has 2 aromatic rings. The predicted octanol–water partition coefficient (Wildman–Crippen LogP) is 2.55. The molecule has 1 N–H and O–H groups in total. The summed E-state index contributed by atoms with van der Waals surface area (Å²) < 4.78 is 10.5. The minimum absolute atomic E-state index is 0.186. The Morgan fingerprint density at radius 2 is 2.35 bits per heavy atom. The molecule has 7 nitrogen and oxygen atoms in total. The maximum absolute atomic E-state index is 12.6. The Morgan fingerprint density at radius 3 is 3.09 bits per heavy atom. The molecule has 2 amide bonds. The fraction of sp³-hybridized carbons (Fsp3) is 0.438. The van der Waals surface area contributed by atoms with Crippen LogP contribution in [0.2, 0.25) is 0 Å². The van der Waals surface area contributed by atoms with Gasteiger partial charge in [-0.1, -0.05) is 24.2 Å². The molecule has 0 bridgehead atoms. The molecule has 1 atom stereocenters. The summed E-state index contributed by atoms with van der Waals surface area (Å²) in [5.74, 6) is 0.946. The number of anilines is 1. The van der Waals surface area contributed by atoms with Gasteiger partial charge in [-0.15, -0.1) is 0 Å². The van der Waals surface area contributed by atoms with Crippen LogP contribution in [0.15, 0.2) is 28.8 Å². The number of nitrogens with one attached hydrogen (secondary N) is 1. The molecule has 0 saturated carbocycles. The summed E-state index contributed by atoms with van der Waals surface area (Å²) >= 11 is 0. The largest absolute Gasteiger partial charge is 0.377 e. The highest BCUT2D eigenvalue weighted by Crippen LogP contribution is 2.23. The van der Waals surface area contributed by atoms with Gasteiger partial charge in [0.05, 0.1) is 13.2 Å². The smallest absolute Gasteiger partial charge is 0.322 e. The van der Waals surface area contributed by atoms with Crippen LogP contribution in [0.4, 0.5) is 10.5 Å². The number of morpholine rings is 1. The molecule has 7 heteroatoms. The van der Waals surface area contributed by atoms with Crippen molar-refractivity contribution in [2.45, 2.75) is 26.3 Å². The molecule has 0 radical (unpaired) electrons. The summed E-state index contributed by atoms with van der Waals surface area (Å²) in [5.41, 5.74) is 1.96. The van der Waals surface area contributed by atoms with E-state index in [0.29, 0.717) is 31.5 Å². The zero-order chi connectivity index (χ0) is 16.2. The first-order chi connectivity index (χ1) is 11.2. The number of rotatable bonds is 3. The van der Waals surface area contributed by atoms with Crippen LogP contribution >= 0.6 is 0 Å². The standard InChI is InChI=1S/C16H20N4O3/c1-3-12-5-4-6-13(9-12)18-16(21)20-7-8-22-10-14(20)15-17-11(2)23-19-15/h4-6,9,14H,3,7-8,10H2,1-2H3,(H,18,21)/t14-/m1/s1. The van der Waals surface area contributed by atoms with Crippen LogP contribution in [0.3, 0.4) is 0 Å². The molecule has 0 spiro atoms. The normalized spacial score (nSPS) is 18.0. The Morgan fingerprint density at radius 1 is 1.48 bits per heavy atom. The number of carbonyl (C=O) groups excluding carboxylic acids is 1. The average molecular weight is 316 g/mol. The van der Waals surface area contributed by atoms with E-state index in [1.165, 1.54) is 5.56 Å². The average Bonchev–Trinajstić information content (AvgIpc) is 3.01. The molecular formula is C16H20N4O3. The molecule has 2 heterocycles. The third-order valence-corrected chi connectivity index (χ3v) is 3.82. The Kier molecular flexibility index (Phi) is 4.57. The van der Waals surface area contributed by atoms with Gasteiger partial charge in [0.2, 0.25) is 5.89 Å². The molecular weight excluding hydrogens is 296 g/mol. The first-order valence-corrected chi connectivity index (χ1v) is 7.72. The van der Waals surface area contributed by atoms with Gasteiger partial charge in [0.1, 0.15) is 6.04 Å². The lowest BCUT2D eigenvalue weighted by molar-refractivity contribution is 0.0110. The van der Waals surface area contributed by atoms with E-state index in [0.717, 1.165) is 12.1 Å². The van der Waals surface area contributed by atoms with Gasteiger partial charge in [0, 0.05) is 19.2 Å². The van der Waals surface area contributed by atoms with Crippen LogP contribution in [0, 0.1) is 6.92 Å². The van der Waals surface area contributed by atoms with Crippen LogP contribution in [-0.2, 0) is 11.2 Å². The maximum atomic E-state index is 12.6. The number of carbonyl (C=O) groups is 1. The van der Waals surface area contributed by atoms with E-state index < -0.39 is 0 Å². The summed E-state index contributed by atoms with van der Waals surface area (Å²) in [4.78, 5) is 18.5. The molecule has 0 aliphatic carbocycles. The van der Waals surface area contributed by atoms with Crippen LogP contribution < -0.4 is 5.32 Å². The second kappa shape index (κ2) is 6.78. The van der Waals surface area contributed by atoms with E-state index in [-0.39, 0.29) is 12.1 Å². The van der Waals surface area contributed by atoms with Crippen molar-refractivity contribution in [3.8, 4) is 0 Å². The summed E-state index contributed by atoms with van der Waals surface area (Å²) in [5, 5.41) is 6.86. The van der Waals surface area contributed by atoms with Crippen LogP contribution in [0.25, 0.3) is 0 Å². The van der Waals surface area contributed by atoms with Gasteiger partial charge in [-0.3, -0.25) is 0 Å². The Bertz CT molecular complexity index is 685. The van der Waals surface area contributed by atoms with Crippen molar-refractivity contribution < 1.29 is 14.1 Å². The first-order valence-electron chi connectivity index (χ1n) is 7.72. The fourth-order valence-electron chi connectivity index (χ4n) is 2.58. The summed E-state index contributed by atoms with van der Waals surface area (Å²) in [6, 6.07) is 7.31. The monoisotopic (exact) mass is 316 g/mol. The van der Waals surface area contributed by atoms with E-state index >= 15 is 0 Å². The molecule has 1 aliphatic rings. The lowest BCUT2D eigenvalue weighted by atomic mass is 10.1. The molecule has 23 heavy (non-hydrogen) atoms. The topological polar surface area (TPSA) is 80.5 Å². The molecule has 122 valence electrons. The predicted molar refractivity (Wildman–Crippen MR) is 84.1 cm³/mol. The molecule has 1 fully saturated rings. The van der Waals surface area contributed by atoms with E-state index in [4.69, 9.17) is 9.26 Å². The molecule has 3 rings (SSSR count). The van der Waals surface area contributed by atoms with Crippen molar-refractivity contribution in [3.05, 3.63) is 41.5 Å². The number of nitrogens with zero attached hydrogens (tertiary/aromatic N) is 3. The van der Waals surface area contributed by atoms with Gasteiger partial charge in [-0.2, -0.15) is 4.98 Å². The second-order valence-corrected chi connectivity index (χ2v) is 5.44. The van der Waals surface area contributed by atoms with E-state index in [1.54, 1.807) is 11.8 Å². The third-order valence-electron chi connectivity index (χ3n) is 3.82. The molecule has 1 aromatic heterocycles. The van der Waals surface area contributed by atoms with Crippen molar-refractivity contribution in [1.82, 2.24) is 15.0 Å². The van der Waals surface area contributed by atoms with Crippen molar-refractivity contribution in [1.29, 1.82) is 0 Å². The number of hydrogen-bond donors (Lipinski definition) is 1. The van der Waals surface area contributed by atoms with Crippen LogP contribution in [-0.4, -0.2) is 40.8 Å². The lowest BCUT2D eigenvalue weighted by Crippen LogP contribution is -2.45. The van der Waals surface area contributed by atoms with Crippen molar-refractivity contribution in [3.63, 3.8) is 0 Å². The van der Waals surface area contributed by atoms with Crippen molar-refractivity contribution in [2.24, 2.45) is 0 Å². The summed E-state index contributed by atoms with van der Waals surface area (Å²) in [7, 11) is 0. The highest BCUT2D eigenvalue weighted by atomic mass is 16.5. The number of aryl methyl sites for hydroxylation is 2. The van der Waals surface area contributed by atoms with Gasteiger partial charge in [0.25, 0.3) is 0 Å². The zero-order valence-corrected chi connectivity index (χ0v) is 13.3. The minimum Gasteiger partial charge on any atom is -0.377 e. The number of hydrogen-bond acceptors (Lipinski definition) is 5. The minimum atomic E-state index is -0.337. The maximum Gasteiger partial charge on any atom is 0.322 e. The fourth-order valence-corrected chi connectivity index (χ4v) is 2.58. The molecule has 1 saturated heterocycles. The van der Waals surface area contributed by atoms with Gasteiger partial charge >= 0.3 is 6.03 Å². The van der Waals surface area contributed by atoms with Gasteiger partial charge in [-0.05, 0) is 24.1 Å². The number of amides is 2. The number of ether oxygens (including phenoxy) is 1.